The Balaban J connectivity index is 2.43. The van der Waals surface area contributed by atoms with E-state index < -0.39 is 0 Å². The van der Waals surface area contributed by atoms with Crippen LogP contribution in [0.5, 0.6) is 0 Å². The molecule has 2 atom stereocenters. The molecule has 1 saturated heterocycles. The zero-order chi connectivity index (χ0) is 6.85. The molecule has 1 fully saturated rings. The van der Waals surface area contributed by atoms with E-state index in [-0.39, 0.29) is 18.0 Å². The monoisotopic (exact) mass is 128 g/mol. The van der Waals surface area contributed by atoms with Gasteiger partial charge in [-0.25, -0.2) is 0 Å². The van der Waals surface area contributed by atoms with E-state index in [9.17, 15) is 4.79 Å². The average Bonchev–Trinajstić information content (AvgIpc) is 1.59. The molecule has 1 aliphatic rings. The van der Waals surface area contributed by atoms with E-state index in [0.717, 1.165) is 0 Å². The molecule has 0 aromatic carbocycles. The van der Waals surface area contributed by atoms with E-state index in [1.807, 2.05) is 6.92 Å². The number of piperidine rings is 1. The van der Waals surface area contributed by atoms with Crippen molar-refractivity contribution >= 4 is 5.78 Å². The summed E-state index contributed by atoms with van der Waals surface area (Å²) in [6, 6.07) is 0.265. The molecule has 0 bridgehead atoms. The summed E-state index contributed by atoms with van der Waals surface area (Å²) in [5.74, 6) is 0.272. The SMILES string of the molecule is CC1CC(=O)CC(N)N1. The predicted octanol–water partition coefficient (Wildman–Crippen LogP) is -0.388. The first-order valence-electron chi connectivity index (χ1n) is 3.22. The van der Waals surface area contributed by atoms with Gasteiger partial charge < -0.3 is 5.73 Å². The fourth-order valence-electron chi connectivity index (χ4n) is 1.15. The van der Waals surface area contributed by atoms with Crippen molar-refractivity contribution in [3.05, 3.63) is 0 Å². The first-order chi connectivity index (χ1) is 4.18. The zero-order valence-electron chi connectivity index (χ0n) is 5.55. The number of ketones is 1. The molecule has 2 unspecified atom stereocenters. The average molecular weight is 128 g/mol. The van der Waals surface area contributed by atoms with Crippen molar-refractivity contribution in [1.29, 1.82) is 0 Å². The maximum absolute atomic E-state index is 10.8. The molecule has 0 aromatic heterocycles. The minimum Gasteiger partial charge on any atom is -0.316 e. The van der Waals surface area contributed by atoms with Crippen molar-refractivity contribution in [1.82, 2.24) is 5.32 Å². The maximum atomic E-state index is 10.8. The van der Waals surface area contributed by atoms with Crippen LogP contribution in [0, 0.1) is 0 Å². The van der Waals surface area contributed by atoms with Gasteiger partial charge in [0, 0.05) is 18.9 Å². The molecule has 1 rings (SSSR count). The Morgan fingerprint density at radius 2 is 2.33 bits per heavy atom. The molecule has 1 heterocycles. The summed E-state index contributed by atoms with van der Waals surface area (Å²) in [6.45, 7) is 1.97. The second-order valence-electron chi connectivity index (χ2n) is 2.62. The highest BCUT2D eigenvalue weighted by Crippen LogP contribution is 2.04. The third kappa shape index (κ3) is 1.77. The highest BCUT2D eigenvalue weighted by atomic mass is 16.1. The quantitative estimate of drug-likeness (QED) is 0.467. The van der Waals surface area contributed by atoms with Crippen LogP contribution in [-0.4, -0.2) is 18.0 Å². The number of carbonyl (C=O) groups excluding carboxylic acids is 1. The van der Waals surface area contributed by atoms with Gasteiger partial charge >= 0.3 is 0 Å². The smallest absolute Gasteiger partial charge is 0.137 e. The van der Waals surface area contributed by atoms with E-state index in [1.54, 1.807) is 0 Å². The second-order valence-corrected chi connectivity index (χ2v) is 2.62. The van der Waals surface area contributed by atoms with Crippen molar-refractivity contribution in [3.8, 4) is 0 Å². The van der Waals surface area contributed by atoms with Crippen LogP contribution in [0.1, 0.15) is 19.8 Å². The van der Waals surface area contributed by atoms with Crippen molar-refractivity contribution < 1.29 is 4.79 Å². The lowest BCUT2D eigenvalue weighted by Gasteiger charge is -2.24. The minimum atomic E-state index is -0.110. The maximum Gasteiger partial charge on any atom is 0.137 e. The first kappa shape index (κ1) is 6.71. The number of hydrogen-bond acceptors (Lipinski definition) is 3. The molecule has 3 N–H and O–H groups in total. The fourth-order valence-corrected chi connectivity index (χ4v) is 1.15. The fraction of sp³-hybridized carbons (Fsp3) is 0.833. The van der Waals surface area contributed by atoms with Gasteiger partial charge in [-0.15, -0.1) is 0 Å². The molecular weight excluding hydrogens is 116 g/mol. The van der Waals surface area contributed by atoms with E-state index >= 15 is 0 Å². The Morgan fingerprint density at radius 3 is 2.78 bits per heavy atom. The number of rotatable bonds is 0. The Kier molecular flexibility index (Phi) is 1.83. The molecule has 0 amide bonds. The Hall–Kier alpha value is -0.410. The Labute approximate surface area is 54.6 Å². The van der Waals surface area contributed by atoms with Crippen LogP contribution in [0.3, 0.4) is 0 Å². The number of nitrogens with one attached hydrogen (secondary N) is 1. The van der Waals surface area contributed by atoms with Gasteiger partial charge in [0.15, 0.2) is 0 Å². The predicted molar refractivity (Wildman–Crippen MR) is 34.8 cm³/mol. The van der Waals surface area contributed by atoms with Gasteiger partial charge in [0.1, 0.15) is 5.78 Å². The van der Waals surface area contributed by atoms with Gasteiger partial charge in [0.05, 0.1) is 6.17 Å². The molecule has 52 valence electrons. The lowest BCUT2D eigenvalue weighted by atomic mass is 10.0. The Morgan fingerprint density at radius 1 is 1.67 bits per heavy atom. The van der Waals surface area contributed by atoms with Crippen molar-refractivity contribution in [2.75, 3.05) is 0 Å². The van der Waals surface area contributed by atoms with Gasteiger partial charge in [-0.05, 0) is 6.92 Å². The number of Topliss-reactive ketones (excluding diaryl/α,β-unsaturated/α-hetero) is 1. The third-order valence-electron chi connectivity index (χ3n) is 1.48. The lowest BCUT2D eigenvalue weighted by molar-refractivity contribution is -0.121. The number of nitrogens with two attached hydrogens (primary N) is 1. The van der Waals surface area contributed by atoms with Gasteiger partial charge in [-0.1, -0.05) is 0 Å². The standard InChI is InChI=1S/C6H12N2O/c1-4-2-5(9)3-6(7)8-4/h4,6,8H,2-3,7H2,1H3. The topological polar surface area (TPSA) is 55.1 Å². The normalized spacial score (nSPS) is 36.9. The van der Waals surface area contributed by atoms with Gasteiger partial charge in [0.2, 0.25) is 0 Å². The zero-order valence-corrected chi connectivity index (χ0v) is 5.55. The van der Waals surface area contributed by atoms with E-state index in [1.165, 1.54) is 0 Å². The van der Waals surface area contributed by atoms with Crippen LogP contribution >= 0.6 is 0 Å². The number of carbonyl (C=O) groups is 1. The van der Waals surface area contributed by atoms with Gasteiger partial charge in [0.25, 0.3) is 0 Å². The molecule has 0 saturated carbocycles. The molecular formula is C6H12N2O. The lowest BCUT2D eigenvalue weighted by Crippen LogP contribution is -2.49. The Bertz CT molecular complexity index is 112. The summed E-state index contributed by atoms with van der Waals surface area (Å²) < 4.78 is 0. The molecule has 0 aromatic rings. The molecule has 0 spiro atoms. The van der Waals surface area contributed by atoms with Crippen molar-refractivity contribution in [2.24, 2.45) is 5.73 Å². The van der Waals surface area contributed by atoms with Crippen LogP contribution < -0.4 is 11.1 Å². The highest BCUT2D eigenvalue weighted by molar-refractivity contribution is 5.80. The second kappa shape index (κ2) is 2.45. The summed E-state index contributed by atoms with van der Waals surface area (Å²) >= 11 is 0. The summed E-state index contributed by atoms with van der Waals surface area (Å²) in [7, 11) is 0. The van der Waals surface area contributed by atoms with E-state index in [2.05, 4.69) is 5.32 Å². The third-order valence-corrected chi connectivity index (χ3v) is 1.48. The van der Waals surface area contributed by atoms with E-state index in [4.69, 9.17) is 5.73 Å². The van der Waals surface area contributed by atoms with Gasteiger partial charge in [-0.3, -0.25) is 10.1 Å². The molecule has 3 nitrogen and oxygen atoms in total. The van der Waals surface area contributed by atoms with Crippen molar-refractivity contribution in [3.63, 3.8) is 0 Å². The molecule has 0 radical (unpaired) electrons. The van der Waals surface area contributed by atoms with E-state index in [0.29, 0.717) is 12.8 Å². The van der Waals surface area contributed by atoms with Crippen LogP contribution in [0.4, 0.5) is 0 Å². The molecule has 1 aliphatic heterocycles. The van der Waals surface area contributed by atoms with Crippen LogP contribution in [0.15, 0.2) is 0 Å². The molecule has 0 aliphatic carbocycles. The number of hydrogen-bond donors (Lipinski definition) is 2. The van der Waals surface area contributed by atoms with Crippen LogP contribution in [0.2, 0.25) is 0 Å². The summed E-state index contributed by atoms with van der Waals surface area (Å²) in [6.07, 6.45) is 1.01. The summed E-state index contributed by atoms with van der Waals surface area (Å²) in [5.41, 5.74) is 5.48. The first-order valence-corrected chi connectivity index (χ1v) is 3.22. The minimum absolute atomic E-state index is 0.110. The largest absolute Gasteiger partial charge is 0.316 e. The van der Waals surface area contributed by atoms with Crippen LogP contribution in [-0.2, 0) is 4.79 Å². The molecule has 9 heavy (non-hydrogen) atoms. The molecule has 3 heteroatoms. The highest BCUT2D eigenvalue weighted by Gasteiger charge is 2.19. The summed E-state index contributed by atoms with van der Waals surface area (Å²) in [4.78, 5) is 10.8. The van der Waals surface area contributed by atoms with Gasteiger partial charge in [-0.2, -0.15) is 0 Å². The van der Waals surface area contributed by atoms with Crippen LogP contribution in [0.25, 0.3) is 0 Å². The van der Waals surface area contributed by atoms with Crippen molar-refractivity contribution in [2.45, 2.75) is 32.0 Å². The summed E-state index contributed by atoms with van der Waals surface area (Å²) in [5, 5.41) is 3.07.